The number of carbonyl (C=O) groups is 1. The highest BCUT2D eigenvalue weighted by molar-refractivity contribution is 5.76. The van der Waals surface area contributed by atoms with Gasteiger partial charge < -0.3 is 14.8 Å². The molecule has 128 valence electrons. The van der Waals surface area contributed by atoms with E-state index in [2.05, 4.69) is 10.3 Å². The average Bonchev–Trinajstić information content (AvgIpc) is 2.97. The number of aliphatic hydroxyl groups excluding tert-OH is 1. The molecule has 0 saturated heterocycles. The van der Waals surface area contributed by atoms with Crippen molar-refractivity contribution in [3.63, 3.8) is 0 Å². The molecule has 1 amide bonds. The smallest absolute Gasteiger partial charge is 0.220 e. The maximum atomic E-state index is 12.1. The average molecular weight is 328 g/mol. The van der Waals surface area contributed by atoms with E-state index in [9.17, 15) is 9.90 Å². The maximum Gasteiger partial charge on any atom is 0.220 e. The van der Waals surface area contributed by atoms with E-state index in [4.69, 9.17) is 4.42 Å². The van der Waals surface area contributed by atoms with Crippen LogP contribution in [-0.2, 0) is 11.2 Å². The standard InChI is InChI=1S/C19H24N2O3/c1-13-19(14-5-3-2-4-6-14)24-18(20-13)12-11-17(23)21-15-7-9-16(22)10-8-15/h2-6,15-16,22H,7-12H2,1H3,(H,21,23). The summed E-state index contributed by atoms with van der Waals surface area (Å²) in [6.45, 7) is 1.92. The number of nitrogens with one attached hydrogen (secondary N) is 1. The van der Waals surface area contributed by atoms with Crippen molar-refractivity contribution in [2.45, 2.75) is 57.6 Å². The largest absolute Gasteiger partial charge is 0.440 e. The molecule has 0 atom stereocenters. The molecule has 24 heavy (non-hydrogen) atoms. The lowest BCUT2D eigenvalue weighted by molar-refractivity contribution is -0.122. The van der Waals surface area contributed by atoms with E-state index in [0.717, 1.165) is 42.7 Å². The number of amides is 1. The molecule has 3 rings (SSSR count). The van der Waals surface area contributed by atoms with Crippen LogP contribution in [0, 0.1) is 6.92 Å². The fourth-order valence-corrected chi connectivity index (χ4v) is 3.16. The minimum atomic E-state index is -0.204. The van der Waals surface area contributed by atoms with Crippen molar-refractivity contribution < 1.29 is 14.3 Å². The van der Waals surface area contributed by atoms with Crippen LogP contribution >= 0.6 is 0 Å². The lowest BCUT2D eigenvalue weighted by atomic mass is 9.93. The topological polar surface area (TPSA) is 75.4 Å². The molecule has 1 heterocycles. The van der Waals surface area contributed by atoms with Crippen LogP contribution in [0.4, 0.5) is 0 Å². The van der Waals surface area contributed by atoms with E-state index in [-0.39, 0.29) is 18.1 Å². The van der Waals surface area contributed by atoms with Crippen LogP contribution in [-0.4, -0.2) is 28.1 Å². The summed E-state index contributed by atoms with van der Waals surface area (Å²) in [6.07, 6.45) is 3.90. The first-order valence-corrected chi connectivity index (χ1v) is 8.61. The van der Waals surface area contributed by atoms with Crippen molar-refractivity contribution in [1.29, 1.82) is 0 Å². The van der Waals surface area contributed by atoms with Crippen molar-refractivity contribution in [2.75, 3.05) is 0 Å². The number of rotatable bonds is 5. The molecule has 1 saturated carbocycles. The summed E-state index contributed by atoms with van der Waals surface area (Å²) in [7, 11) is 0. The van der Waals surface area contributed by atoms with Gasteiger partial charge in [-0.25, -0.2) is 4.98 Å². The van der Waals surface area contributed by atoms with Crippen LogP contribution < -0.4 is 5.32 Å². The summed E-state index contributed by atoms with van der Waals surface area (Å²) in [4.78, 5) is 16.5. The normalized spacial score (nSPS) is 20.8. The Hall–Kier alpha value is -2.14. The number of carbonyl (C=O) groups excluding carboxylic acids is 1. The summed E-state index contributed by atoms with van der Waals surface area (Å²) in [5, 5.41) is 12.5. The van der Waals surface area contributed by atoms with Crippen LogP contribution in [0.15, 0.2) is 34.7 Å². The highest BCUT2D eigenvalue weighted by Crippen LogP contribution is 2.24. The van der Waals surface area contributed by atoms with Crippen LogP contribution in [0.25, 0.3) is 11.3 Å². The Morgan fingerprint density at radius 2 is 1.96 bits per heavy atom. The number of oxazole rings is 1. The molecule has 5 heteroatoms. The monoisotopic (exact) mass is 328 g/mol. The zero-order valence-corrected chi connectivity index (χ0v) is 14.0. The van der Waals surface area contributed by atoms with E-state index in [1.54, 1.807) is 0 Å². The van der Waals surface area contributed by atoms with Gasteiger partial charge in [-0.15, -0.1) is 0 Å². The maximum absolute atomic E-state index is 12.1. The SMILES string of the molecule is Cc1nc(CCC(=O)NC2CCC(O)CC2)oc1-c1ccccc1. The lowest BCUT2D eigenvalue weighted by Gasteiger charge is -2.26. The van der Waals surface area contributed by atoms with Gasteiger partial charge >= 0.3 is 0 Å². The van der Waals surface area contributed by atoms with Gasteiger partial charge in [0.15, 0.2) is 11.7 Å². The van der Waals surface area contributed by atoms with Gasteiger partial charge in [-0.1, -0.05) is 30.3 Å². The first-order chi connectivity index (χ1) is 11.6. The number of hydrogen-bond donors (Lipinski definition) is 2. The fourth-order valence-electron chi connectivity index (χ4n) is 3.16. The highest BCUT2D eigenvalue weighted by Gasteiger charge is 2.21. The molecule has 1 aromatic carbocycles. The molecule has 1 aliphatic carbocycles. The second kappa shape index (κ2) is 7.62. The van der Waals surface area contributed by atoms with Gasteiger partial charge in [0.25, 0.3) is 0 Å². The Morgan fingerprint density at radius 3 is 2.67 bits per heavy atom. The number of nitrogens with zero attached hydrogens (tertiary/aromatic N) is 1. The second-order valence-corrected chi connectivity index (χ2v) is 6.46. The highest BCUT2D eigenvalue weighted by atomic mass is 16.4. The molecule has 0 unspecified atom stereocenters. The quantitative estimate of drug-likeness (QED) is 0.885. The van der Waals surface area contributed by atoms with Crippen LogP contribution in [0.2, 0.25) is 0 Å². The molecule has 1 aromatic heterocycles. The third kappa shape index (κ3) is 4.23. The predicted molar refractivity (Wildman–Crippen MR) is 91.4 cm³/mol. The zero-order valence-electron chi connectivity index (χ0n) is 14.0. The number of benzene rings is 1. The van der Waals surface area contributed by atoms with Gasteiger partial charge in [0.1, 0.15) is 0 Å². The molecule has 2 aromatic rings. The Balaban J connectivity index is 1.52. The Morgan fingerprint density at radius 1 is 1.25 bits per heavy atom. The van der Waals surface area contributed by atoms with Gasteiger partial charge in [0, 0.05) is 24.4 Å². The first kappa shape index (κ1) is 16.7. The molecule has 0 spiro atoms. The Labute approximate surface area is 142 Å². The summed E-state index contributed by atoms with van der Waals surface area (Å²) in [6, 6.07) is 10.1. The van der Waals surface area contributed by atoms with Gasteiger partial charge in [0.2, 0.25) is 5.91 Å². The van der Waals surface area contributed by atoms with Crippen molar-refractivity contribution in [3.8, 4) is 11.3 Å². The molecule has 1 fully saturated rings. The van der Waals surface area contributed by atoms with E-state index >= 15 is 0 Å². The molecule has 2 N–H and O–H groups in total. The van der Waals surface area contributed by atoms with E-state index < -0.39 is 0 Å². The second-order valence-electron chi connectivity index (χ2n) is 6.46. The molecule has 0 bridgehead atoms. The molecule has 1 aliphatic rings. The predicted octanol–water partition coefficient (Wildman–Crippen LogP) is 3.00. The third-order valence-electron chi connectivity index (χ3n) is 4.50. The molecule has 5 nitrogen and oxygen atoms in total. The van der Waals surface area contributed by atoms with Crippen molar-refractivity contribution in [1.82, 2.24) is 10.3 Å². The van der Waals surface area contributed by atoms with Crippen LogP contribution in [0.3, 0.4) is 0 Å². The van der Waals surface area contributed by atoms with E-state index in [0.29, 0.717) is 18.7 Å². The molecule has 0 radical (unpaired) electrons. The summed E-state index contributed by atoms with van der Waals surface area (Å²) in [5.41, 5.74) is 1.84. The number of hydrogen-bond acceptors (Lipinski definition) is 4. The van der Waals surface area contributed by atoms with Crippen molar-refractivity contribution in [3.05, 3.63) is 41.9 Å². The minimum absolute atomic E-state index is 0.0218. The minimum Gasteiger partial charge on any atom is -0.440 e. The Bertz CT molecular complexity index is 673. The summed E-state index contributed by atoms with van der Waals surface area (Å²) in [5.74, 6) is 1.39. The molecular formula is C19H24N2O3. The number of aromatic nitrogens is 1. The van der Waals surface area contributed by atoms with Gasteiger partial charge in [-0.05, 0) is 32.6 Å². The lowest BCUT2D eigenvalue weighted by Crippen LogP contribution is -2.38. The first-order valence-electron chi connectivity index (χ1n) is 8.61. The summed E-state index contributed by atoms with van der Waals surface area (Å²) >= 11 is 0. The third-order valence-corrected chi connectivity index (χ3v) is 4.50. The number of aliphatic hydroxyl groups is 1. The van der Waals surface area contributed by atoms with E-state index in [1.807, 2.05) is 37.3 Å². The van der Waals surface area contributed by atoms with Crippen LogP contribution in [0.5, 0.6) is 0 Å². The van der Waals surface area contributed by atoms with Crippen LogP contribution in [0.1, 0.15) is 43.7 Å². The van der Waals surface area contributed by atoms with Crippen molar-refractivity contribution in [2.24, 2.45) is 0 Å². The van der Waals surface area contributed by atoms with E-state index in [1.165, 1.54) is 0 Å². The van der Waals surface area contributed by atoms with Crippen molar-refractivity contribution >= 4 is 5.91 Å². The van der Waals surface area contributed by atoms with Gasteiger partial charge in [0.05, 0.1) is 11.8 Å². The summed E-state index contributed by atoms with van der Waals surface area (Å²) < 4.78 is 5.83. The van der Waals surface area contributed by atoms with Gasteiger partial charge in [-0.3, -0.25) is 4.79 Å². The molecular weight excluding hydrogens is 304 g/mol. The Kier molecular flexibility index (Phi) is 5.30. The molecule has 0 aliphatic heterocycles. The van der Waals surface area contributed by atoms with Gasteiger partial charge in [-0.2, -0.15) is 0 Å². The fraction of sp³-hybridized carbons (Fsp3) is 0.474. The number of aryl methyl sites for hydroxylation is 2. The zero-order chi connectivity index (χ0) is 16.9.